The molecule has 8 heteroatoms. The highest BCUT2D eigenvalue weighted by Gasteiger charge is 2.35. The molecule has 6 nitrogen and oxygen atoms in total. The summed E-state index contributed by atoms with van der Waals surface area (Å²) < 4.78 is 31.7. The normalized spacial score (nSPS) is 19.8. The number of amides is 1. The molecule has 0 bridgehead atoms. The monoisotopic (exact) mass is 420 g/mol. The van der Waals surface area contributed by atoms with Gasteiger partial charge in [-0.05, 0) is 48.9 Å². The molecule has 1 saturated carbocycles. The summed E-state index contributed by atoms with van der Waals surface area (Å²) in [5.41, 5.74) is 1.83. The zero-order valence-corrected chi connectivity index (χ0v) is 17.6. The van der Waals surface area contributed by atoms with Crippen LogP contribution in [0.3, 0.4) is 0 Å². The Morgan fingerprint density at radius 3 is 2.75 bits per heavy atom. The van der Waals surface area contributed by atoms with Crippen LogP contribution in [0.5, 0.6) is 5.75 Å². The van der Waals surface area contributed by atoms with E-state index in [0.29, 0.717) is 24.6 Å². The molecule has 2 aliphatic rings. The number of carbonyl (C=O) groups is 1. The number of thiophene rings is 1. The number of rotatable bonds is 5. The second-order valence-electron chi connectivity index (χ2n) is 7.55. The molecule has 4 rings (SSSR count). The Labute approximate surface area is 169 Å². The molecule has 0 radical (unpaired) electrons. The van der Waals surface area contributed by atoms with Crippen molar-refractivity contribution in [2.45, 2.75) is 44.9 Å². The van der Waals surface area contributed by atoms with Gasteiger partial charge in [-0.15, -0.1) is 11.3 Å². The summed E-state index contributed by atoms with van der Waals surface area (Å²) in [7, 11) is -3.25. The SMILES string of the molecule is CC1COc2ccc(CN(C3CC3)S(C)(=O)=O)cc2CN1C(=O)c1cccs1. The van der Waals surface area contributed by atoms with E-state index in [1.807, 2.05) is 47.5 Å². The predicted octanol–water partition coefficient (Wildman–Crippen LogP) is 3.10. The van der Waals surface area contributed by atoms with Crippen molar-refractivity contribution in [1.82, 2.24) is 9.21 Å². The van der Waals surface area contributed by atoms with Gasteiger partial charge in [-0.3, -0.25) is 4.79 Å². The van der Waals surface area contributed by atoms with Crippen molar-refractivity contribution < 1.29 is 17.9 Å². The van der Waals surface area contributed by atoms with Crippen LogP contribution in [0.2, 0.25) is 0 Å². The molecule has 0 saturated heterocycles. The van der Waals surface area contributed by atoms with Gasteiger partial charge in [0.1, 0.15) is 12.4 Å². The lowest BCUT2D eigenvalue weighted by Crippen LogP contribution is -2.39. The number of carbonyl (C=O) groups excluding carboxylic acids is 1. The number of nitrogens with zero attached hydrogens (tertiary/aromatic N) is 2. The van der Waals surface area contributed by atoms with E-state index in [0.717, 1.165) is 29.7 Å². The summed E-state index contributed by atoms with van der Waals surface area (Å²) in [5, 5.41) is 1.90. The zero-order chi connectivity index (χ0) is 19.9. The highest BCUT2D eigenvalue weighted by molar-refractivity contribution is 7.88. The molecule has 1 unspecified atom stereocenters. The molecule has 1 aromatic carbocycles. The van der Waals surface area contributed by atoms with E-state index in [2.05, 4.69) is 0 Å². The van der Waals surface area contributed by atoms with Gasteiger partial charge in [0, 0.05) is 18.2 Å². The van der Waals surface area contributed by atoms with Gasteiger partial charge in [0.2, 0.25) is 10.0 Å². The maximum Gasteiger partial charge on any atom is 0.264 e. The average Bonchev–Trinajstić information content (AvgIpc) is 3.36. The van der Waals surface area contributed by atoms with Crippen molar-refractivity contribution in [3.63, 3.8) is 0 Å². The topological polar surface area (TPSA) is 66.9 Å². The first-order valence-corrected chi connectivity index (χ1v) is 12.1. The maximum absolute atomic E-state index is 12.9. The molecule has 1 aliphatic carbocycles. The van der Waals surface area contributed by atoms with Crippen molar-refractivity contribution in [3.8, 4) is 5.75 Å². The minimum absolute atomic E-state index is 0.0000889. The number of benzene rings is 1. The van der Waals surface area contributed by atoms with E-state index < -0.39 is 10.0 Å². The third-order valence-corrected chi connectivity index (χ3v) is 7.33. The molecule has 2 heterocycles. The Kier molecular flexibility index (Phi) is 5.20. The van der Waals surface area contributed by atoms with Gasteiger partial charge in [0.05, 0.1) is 23.7 Å². The first-order valence-electron chi connectivity index (χ1n) is 9.39. The van der Waals surface area contributed by atoms with Gasteiger partial charge in [0.25, 0.3) is 5.91 Å². The molecular formula is C20H24N2O4S2. The zero-order valence-electron chi connectivity index (χ0n) is 16.0. The summed E-state index contributed by atoms with van der Waals surface area (Å²) in [6, 6.07) is 9.56. The molecule has 1 fully saturated rings. The van der Waals surface area contributed by atoms with Crippen LogP contribution < -0.4 is 4.74 Å². The van der Waals surface area contributed by atoms with Crippen LogP contribution in [0.15, 0.2) is 35.7 Å². The van der Waals surface area contributed by atoms with Crippen molar-refractivity contribution >= 4 is 27.3 Å². The highest BCUT2D eigenvalue weighted by Crippen LogP contribution is 2.32. The molecule has 1 amide bonds. The standard InChI is InChI=1S/C20H24N2O4S2/c1-14-13-26-18-8-5-15(11-22(17-6-7-17)28(2,24)25)10-16(18)12-21(14)20(23)19-4-3-9-27-19/h3-5,8-10,14,17H,6-7,11-13H2,1-2H3. The first-order chi connectivity index (χ1) is 13.3. The predicted molar refractivity (Wildman–Crippen MR) is 109 cm³/mol. The summed E-state index contributed by atoms with van der Waals surface area (Å²) in [6.07, 6.45) is 3.10. The lowest BCUT2D eigenvalue weighted by atomic mass is 10.1. The summed E-state index contributed by atoms with van der Waals surface area (Å²) in [6.45, 7) is 3.21. The molecule has 2 aromatic rings. The van der Waals surface area contributed by atoms with E-state index >= 15 is 0 Å². The fourth-order valence-corrected chi connectivity index (χ4v) is 5.32. The Morgan fingerprint density at radius 2 is 2.11 bits per heavy atom. The van der Waals surface area contributed by atoms with Crippen LogP contribution >= 0.6 is 11.3 Å². The fraction of sp³-hybridized carbons (Fsp3) is 0.450. The first kappa shape index (κ1) is 19.4. The minimum atomic E-state index is -3.25. The summed E-state index contributed by atoms with van der Waals surface area (Å²) in [5.74, 6) is 0.759. The molecular weight excluding hydrogens is 396 g/mol. The smallest absolute Gasteiger partial charge is 0.264 e. The third kappa shape index (κ3) is 4.09. The summed E-state index contributed by atoms with van der Waals surface area (Å²) >= 11 is 1.43. The Hall–Kier alpha value is -1.90. The molecule has 0 N–H and O–H groups in total. The van der Waals surface area contributed by atoms with Gasteiger partial charge >= 0.3 is 0 Å². The van der Waals surface area contributed by atoms with Crippen LogP contribution in [0.4, 0.5) is 0 Å². The molecule has 28 heavy (non-hydrogen) atoms. The van der Waals surface area contributed by atoms with E-state index in [-0.39, 0.29) is 18.0 Å². The van der Waals surface area contributed by atoms with Crippen molar-refractivity contribution in [2.24, 2.45) is 0 Å². The number of hydrogen-bond acceptors (Lipinski definition) is 5. The van der Waals surface area contributed by atoms with Gasteiger partial charge in [-0.2, -0.15) is 4.31 Å². The van der Waals surface area contributed by atoms with Crippen LogP contribution in [0.25, 0.3) is 0 Å². The molecule has 1 aliphatic heterocycles. The second kappa shape index (κ2) is 7.50. The largest absolute Gasteiger partial charge is 0.491 e. The van der Waals surface area contributed by atoms with Gasteiger partial charge in [-0.1, -0.05) is 12.1 Å². The van der Waals surface area contributed by atoms with Crippen molar-refractivity contribution in [2.75, 3.05) is 12.9 Å². The van der Waals surface area contributed by atoms with E-state index in [1.54, 1.807) is 4.31 Å². The number of hydrogen-bond donors (Lipinski definition) is 0. The maximum atomic E-state index is 12.9. The molecule has 150 valence electrons. The Balaban J connectivity index is 1.59. The Bertz CT molecular complexity index is 968. The molecule has 1 atom stereocenters. The lowest BCUT2D eigenvalue weighted by Gasteiger charge is -2.26. The summed E-state index contributed by atoms with van der Waals surface area (Å²) in [4.78, 5) is 15.5. The van der Waals surface area contributed by atoms with Crippen LogP contribution in [-0.2, 0) is 23.1 Å². The molecule has 0 spiro atoms. The number of ether oxygens (including phenoxy) is 1. The average molecular weight is 421 g/mol. The van der Waals surface area contributed by atoms with Crippen molar-refractivity contribution in [1.29, 1.82) is 0 Å². The minimum Gasteiger partial charge on any atom is -0.491 e. The Morgan fingerprint density at radius 1 is 1.32 bits per heavy atom. The van der Waals surface area contributed by atoms with Crippen LogP contribution in [0, 0.1) is 0 Å². The molecule has 1 aromatic heterocycles. The quantitative estimate of drug-likeness (QED) is 0.746. The van der Waals surface area contributed by atoms with E-state index in [9.17, 15) is 13.2 Å². The number of fused-ring (bicyclic) bond motifs is 1. The fourth-order valence-electron chi connectivity index (χ4n) is 3.51. The third-order valence-electron chi connectivity index (χ3n) is 5.19. The highest BCUT2D eigenvalue weighted by atomic mass is 32.2. The van der Waals surface area contributed by atoms with E-state index in [1.165, 1.54) is 17.6 Å². The van der Waals surface area contributed by atoms with E-state index in [4.69, 9.17) is 4.74 Å². The van der Waals surface area contributed by atoms with Gasteiger partial charge in [-0.25, -0.2) is 8.42 Å². The number of sulfonamides is 1. The van der Waals surface area contributed by atoms with Gasteiger partial charge in [0.15, 0.2) is 0 Å². The van der Waals surface area contributed by atoms with Crippen LogP contribution in [0.1, 0.15) is 40.6 Å². The second-order valence-corrected chi connectivity index (χ2v) is 10.4. The van der Waals surface area contributed by atoms with Crippen molar-refractivity contribution in [3.05, 3.63) is 51.7 Å². The lowest BCUT2D eigenvalue weighted by molar-refractivity contribution is 0.0650. The van der Waals surface area contributed by atoms with Gasteiger partial charge < -0.3 is 9.64 Å². The van der Waals surface area contributed by atoms with Crippen LogP contribution in [-0.4, -0.2) is 48.5 Å².